The number of carbonyl (C=O) groups is 2. The minimum atomic E-state index is -0.491. The van der Waals surface area contributed by atoms with Crippen molar-refractivity contribution in [3.05, 3.63) is 29.3 Å². The molecule has 3 N–H and O–H groups in total. The summed E-state index contributed by atoms with van der Waals surface area (Å²) in [5.41, 5.74) is 7.97. The van der Waals surface area contributed by atoms with Gasteiger partial charge in [0.2, 0.25) is 5.91 Å². The highest BCUT2D eigenvalue weighted by molar-refractivity contribution is 5.99. The van der Waals surface area contributed by atoms with E-state index in [-0.39, 0.29) is 30.9 Å². The standard InChI is InChI=1S/C15H21N3O2.ClH/c1-10(2)18(9-14(16)19)15(20)12-5-3-7-13-11(12)6-4-8-17-13;/h3,5,7,10,17H,4,6,8-9H2,1-2H3,(H2,16,19);1H. The third-order valence-corrected chi connectivity index (χ3v) is 3.54. The number of nitrogens with one attached hydrogen (secondary N) is 1. The second kappa shape index (κ2) is 7.31. The van der Waals surface area contributed by atoms with E-state index in [0.29, 0.717) is 5.56 Å². The Balaban J connectivity index is 0.00000220. The van der Waals surface area contributed by atoms with Crippen LogP contribution >= 0.6 is 12.4 Å². The van der Waals surface area contributed by atoms with Gasteiger partial charge in [0.05, 0.1) is 6.54 Å². The van der Waals surface area contributed by atoms with Gasteiger partial charge < -0.3 is 16.0 Å². The van der Waals surface area contributed by atoms with Crippen molar-refractivity contribution in [3.63, 3.8) is 0 Å². The molecule has 0 spiro atoms. The van der Waals surface area contributed by atoms with Crippen molar-refractivity contribution in [1.29, 1.82) is 0 Å². The maximum Gasteiger partial charge on any atom is 0.254 e. The van der Waals surface area contributed by atoms with Crippen LogP contribution in [0.2, 0.25) is 0 Å². The van der Waals surface area contributed by atoms with Crippen molar-refractivity contribution in [2.45, 2.75) is 32.7 Å². The van der Waals surface area contributed by atoms with E-state index in [1.165, 1.54) is 4.90 Å². The van der Waals surface area contributed by atoms with E-state index in [1.54, 1.807) is 0 Å². The second-order valence-electron chi connectivity index (χ2n) is 5.36. The first kappa shape index (κ1) is 17.3. The van der Waals surface area contributed by atoms with E-state index in [9.17, 15) is 9.59 Å². The molecule has 21 heavy (non-hydrogen) atoms. The first-order chi connectivity index (χ1) is 9.50. The van der Waals surface area contributed by atoms with Gasteiger partial charge in [-0.1, -0.05) is 6.07 Å². The van der Waals surface area contributed by atoms with Crippen LogP contribution in [0, 0.1) is 0 Å². The van der Waals surface area contributed by atoms with Crippen LogP contribution in [0.5, 0.6) is 0 Å². The van der Waals surface area contributed by atoms with Gasteiger partial charge in [-0.25, -0.2) is 0 Å². The molecule has 0 radical (unpaired) electrons. The molecule has 116 valence electrons. The van der Waals surface area contributed by atoms with E-state index >= 15 is 0 Å². The van der Waals surface area contributed by atoms with Gasteiger partial charge in [-0.2, -0.15) is 0 Å². The number of hydrogen-bond donors (Lipinski definition) is 2. The smallest absolute Gasteiger partial charge is 0.254 e. The Morgan fingerprint density at radius 3 is 2.71 bits per heavy atom. The summed E-state index contributed by atoms with van der Waals surface area (Å²) in [6, 6.07) is 5.61. The van der Waals surface area contributed by atoms with Crippen LogP contribution in [-0.2, 0) is 11.2 Å². The molecular formula is C15H22ClN3O2. The average Bonchev–Trinajstić information content (AvgIpc) is 2.43. The SMILES string of the molecule is CC(C)N(CC(N)=O)C(=O)c1cccc2c1CCCN2.Cl. The van der Waals surface area contributed by atoms with Crippen molar-refractivity contribution < 1.29 is 9.59 Å². The summed E-state index contributed by atoms with van der Waals surface area (Å²) in [6.07, 6.45) is 1.89. The number of fused-ring (bicyclic) bond motifs is 1. The number of carbonyl (C=O) groups excluding carboxylic acids is 2. The topological polar surface area (TPSA) is 75.4 Å². The Bertz CT molecular complexity index is 532. The first-order valence-corrected chi connectivity index (χ1v) is 6.95. The monoisotopic (exact) mass is 311 g/mol. The minimum Gasteiger partial charge on any atom is -0.385 e. The lowest BCUT2D eigenvalue weighted by Crippen LogP contribution is -2.43. The third kappa shape index (κ3) is 3.88. The highest BCUT2D eigenvalue weighted by atomic mass is 35.5. The van der Waals surface area contributed by atoms with Crippen molar-refractivity contribution in [3.8, 4) is 0 Å². The zero-order valence-corrected chi connectivity index (χ0v) is 13.2. The van der Waals surface area contributed by atoms with Crippen molar-refractivity contribution in [2.75, 3.05) is 18.4 Å². The molecule has 1 aliphatic heterocycles. The molecule has 1 aromatic rings. The van der Waals surface area contributed by atoms with E-state index in [1.807, 2.05) is 32.0 Å². The van der Waals surface area contributed by atoms with E-state index < -0.39 is 5.91 Å². The Morgan fingerprint density at radius 2 is 2.10 bits per heavy atom. The van der Waals surface area contributed by atoms with Crippen LogP contribution in [0.4, 0.5) is 5.69 Å². The number of anilines is 1. The van der Waals surface area contributed by atoms with Crippen molar-refractivity contribution in [2.24, 2.45) is 5.73 Å². The Kier molecular flexibility index (Phi) is 6.03. The molecule has 0 bridgehead atoms. The number of amides is 2. The summed E-state index contributed by atoms with van der Waals surface area (Å²) < 4.78 is 0. The van der Waals surface area contributed by atoms with Gasteiger partial charge >= 0.3 is 0 Å². The van der Waals surface area contributed by atoms with Crippen LogP contribution in [0.3, 0.4) is 0 Å². The molecule has 0 saturated heterocycles. The second-order valence-corrected chi connectivity index (χ2v) is 5.36. The summed E-state index contributed by atoms with van der Waals surface area (Å²) in [6.45, 7) is 4.65. The summed E-state index contributed by atoms with van der Waals surface area (Å²) in [7, 11) is 0. The van der Waals surface area contributed by atoms with Gasteiger partial charge in [-0.05, 0) is 44.4 Å². The lowest BCUT2D eigenvalue weighted by atomic mass is 9.96. The number of primary amides is 1. The molecule has 0 atom stereocenters. The van der Waals surface area contributed by atoms with Gasteiger partial charge in [0.25, 0.3) is 5.91 Å². The first-order valence-electron chi connectivity index (χ1n) is 6.95. The Labute approximate surface area is 131 Å². The molecule has 5 nitrogen and oxygen atoms in total. The zero-order chi connectivity index (χ0) is 14.7. The summed E-state index contributed by atoms with van der Waals surface area (Å²) in [5, 5.41) is 3.30. The maximum atomic E-state index is 12.7. The lowest BCUT2D eigenvalue weighted by molar-refractivity contribution is -0.119. The van der Waals surface area contributed by atoms with Crippen LogP contribution in [0.15, 0.2) is 18.2 Å². The predicted octanol–water partition coefficient (Wildman–Crippen LogP) is 1.80. The molecule has 1 aliphatic rings. The number of nitrogens with zero attached hydrogens (tertiary/aromatic N) is 1. The van der Waals surface area contributed by atoms with Gasteiger partial charge in [0.1, 0.15) is 0 Å². The fraction of sp³-hybridized carbons (Fsp3) is 0.467. The fourth-order valence-electron chi connectivity index (χ4n) is 2.52. The normalized spacial score (nSPS) is 12.9. The number of hydrogen-bond acceptors (Lipinski definition) is 3. The van der Waals surface area contributed by atoms with Gasteiger partial charge in [-0.15, -0.1) is 12.4 Å². The quantitative estimate of drug-likeness (QED) is 0.890. The zero-order valence-electron chi connectivity index (χ0n) is 12.4. The Morgan fingerprint density at radius 1 is 1.38 bits per heavy atom. The molecule has 0 saturated carbocycles. The molecule has 1 aromatic carbocycles. The lowest BCUT2D eigenvalue weighted by Gasteiger charge is -2.28. The van der Waals surface area contributed by atoms with E-state index in [4.69, 9.17) is 5.73 Å². The molecule has 0 fully saturated rings. The van der Waals surface area contributed by atoms with Crippen molar-refractivity contribution in [1.82, 2.24) is 4.90 Å². The molecule has 0 unspecified atom stereocenters. The minimum absolute atomic E-state index is 0. The molecule has 1 heterocycles. The van der Waals surface area contributed by atoms with Gasteiger partial charge in [-0.3, -0.25) is 9.59 Å². The van der Waals surface area contributed by atoms with Crippen LogP contribution in [-0.4, -0.2) is 35.8 Å². The van der Waals surface area contributed by atoms with Gasteiger partial charge in [0, 0.05) is 23.8 Å². The predicted molar refractivity (Wildman–Crippen MR) is 85.9 cm³/mol. The third-order valence-electron chi connectivity index (χ3n) is 3.54. The summed E-state index contributed by atoms with van der Waals surface area (Å²) in [4.78, 5) is 25.4. The number of benzene rings is 1. The fourth-order valence-corrected chi connectivity index (χ4v) is 2.52. The number of halogens is 1. The number of nitrogens with two attached hydrogens (primary N) is 1. The average molecular weight is 312 g/mol. The highest BCUT2D eigenvalue weighted by Crippen LogP contribution is 2.26. The molecule has 2 amide bonds. The van der Waals surface area contributed by atoms with E-state index in [0.717, 1.165) is 30.6 Å². The summed E-state index contributed by atoms with van der Waals surface area (Å²) in [5.74, 6) is -0.616. The molecular weight excluding hydrogens is 290 g/mol. The summed E-state index contributed by atoms with van der Waals surface area (Å²) >= 11 is 0. The van der Waals surface area contributed by atoms with E-state index in [2.05, 4.69) is 5.32 Å². The molecule has 2 rings (SSSR count). The van der Waals surface area contributed by atoms with Crippen molar-refractivity contribution >= 4 is 29.9 Å². The largest absolute Gasteiger partial charge is 0.385 e. The maximum absolute atomic E-state index is 12.7. The van der Waals surface area contributed by atoms with Crippen LogP contribution < -0.4 is 11.1 Å². The Hall–Kier alpha value is -1.75. The highest BCUT2D eigenvalue weighted by Gasteiger charge is 2.24. The van der Waals surface area contributed by atoms with Crippen LogP contribution in [0.25, 0.3) is 0 Å². The molecule has 6 heteroatoms. The number of rotatable bonds is 4. The van der Waals surface area contributed by atoms with Gasteiger partial charge in [0.15, 0.2) is 0 Å². The van der Waals surface area contributed by atoms with Crippen LogP contribution in [0.1, 0.15) is 36.2 Å². The molecule has 0 aliphatic carbocycles. The molecule has 0 aromatic heterocycles.